The van der Waals surface area contributed by atoms with Crippen LogP contribution >= 0.6 is 15.9 Å². The van der Waals surface area contributed by atoms with E-state index in [1.54, 1.807) is 6.07 Å². The molecule has 29 heavy (non-hydrogen) atoms. The molecule has 0 aliphatic carbocycles. The number of nitrogens with zero attached hydrogens (tertiary/aromatic N) is 2. The van der Waals surface area contributed by atoms with Crippen LogP contribution in [0.15, 0.2) is 51.7 Å². The summed E-state index contributed by atoms with van der Waals surface area (Å²) >= 11 is 3.45. The van der Waals surface area contributed by atoms with Gasteiger partial charge >= 0.3 is 5.69 Å². The highest BCUT2D eigenvalue weighted by molar-refractivity contribution is 9.10. The highest BCUT2D eigenvalue weighted by Crippen LogP contribution is 2.29. The van der Waals surface area contributed by atoms with Gasteiger partial charge in [0.15, 0.2) is 0 Å². The van der Waals surface area contributed by atoms with Crippen LogP contribution in [-0.4, -0.2) is 39.6 Å². The number of aromatic amines is 1. The molecule has 0 unspecified atom stereocenters. The van der Waals surface area contributed by atoms with Crippen molar-refractivity contribution in [2.75, 3.05) is 13.1 Å². The van der Waals surface area contributed by atoms with Crippen molar-refractivity contribution in [3.8, 4) is 5.75 Å². The normalized spacial score (nSPS) is 15.2. The van der Waals surface area contributed by atoms with Crippen LogP contribution in [0.4, 0.5) is 0 Å². The van der Waals surface area contributed by atoms with Crippen molar-refractivity contribution in [3.63, 3.8) is 0 Å². The van der Waals surface area contributed by atoms with E-state index >= 15 is 0 Å². The Labute approximate surface area is 177 Å². The highest BCUT2D eigenvalue weighted by Gasteiger charge is 2.28. The average molecular weight is 458 g/mol. The van der Waals surface area contributed by atoms with E-state index in [0.717, 1.165) is 28.3 Å². The van der Waals surface area contributed by atoms with Crippen LogP contribution in [0.5, 0.6) is 5.75 Å². The highest BCUT2D eigenvalue weighted by atomic mass is 79.9. The molecule has 7 heteroatoms. The fourth-order valence-electron chi connectivity index (χ4n) is 3.96. The summed E-state index contributed by atoms with van der Waals surface area (Å²) in [5.74, 6) is 0.562. The van der Waals surface area contributed by atoms with Gasteiger partial charge in [0.25, 0.3) is 5.91 Å². The van der Waals surface area contributed by atoms with E-state index in [-0.39, 0.29) is 23.7 Å². The Morgan fingerprint density at radius 2 is 1.90 bits per heavy atom. The van der Waals surface area contributed by atoms with Gasteiger partial charge in [0, 0.05) is 23.6 Å². The maximum Gasteiger partial charge on any atom is 0.326 e. The smallest absolute Gasteiger partial charge is 0.326 e. The van der Waals surface area contributed by atoms with E-state index in [0.29, 0.717) is 24.4 Å². The van der Waals surface area contributed by atoms with Crippen molar-refractivity contribution in [2.45, 2.75) is 38.8 Å². The van der Waals surface area contributed by atoms with E-state index in [1.807, 2.05) is 59.7 Å². The number of rotatable bonds is 4. The average Bonchev–Trinajstić information content (AvgIpc) is 3.03. The number of para-hydroxylation sites is 2. The zero-order valence-electron chi connectivity index (χ0n) is 16.5. The third kappa shape index (κ3) is 3.96. The molecule has 1 aliphatic heterocycles. The number of H-pyrrole nitrogens is 1. The standard InChI is InChI=1S/C22H24BrN3O3/c1-14(2)29-20-13-15(23)7-8-17(20)21(27)25-11-9-16(10-12-25)26-19-6-4-3-5-18(19)24-22(26)28/h3-8,13-14,16H,9-12H2,1-2H3,(H,24,28). The molecule has 6 nitrogen and oxygen atoms in total. The SMILES string of the molecule is CC(C)Oc1cc(Br)ccc1C(=O)N1CCC(n2c(=O)[nH]c3ccccc32)CC1. The fourth-order valence-corrected chi connectivity index (χ4v) is 4.30. The summed E-state index contributed by atoms with van der Waals surface area (Å²) in [5.41, 5.74) is 2.25. The molecular weight excluding hydrogens is 434 g/mol. The van der Waals surface area contributed by atoms with Gasteiger partial charge in [-0.05, 0) is 57.0 Å². The summed E-state index contributed by atoms with van der Waals surface area (Å²) < 4.78 is 8.57. The molecule has 0 radical (unpaired) electrons. The second kappa shape index (κ2) is 8.06. The molecule has 1 aliphatic rings. The molecule has 152 valence electrons. The number of carbonyl (C=O) groups excluding carboxylic acids is 1. The molecule has 1 aromatic heterocycles. The minimum absolute atomic E-state index is 0.0182. The molecule has 4 rings (SSSR count). The largest absolute Gasteiger partial charge is 0.490 e. The molecule has 0 atom stereocenters. The van der Waals surface area contributed by atoms with E-state index in [1.165, 1.54) is 0 Å². The number of hydrogen-bond donors (Lipinski definition) is 1. The number of fused-ring (bicyclic) bond motifs is 1. The first-order chi connectivity index (χ1) is 13.9. The fraction of sp³-hybridized carbons (Fsp3) is 0.364. The van der Waals surface area contributed by atoms with E-state index in [4.69, 9.17) is 4.74 Å². The maximum atomic E-state index is 13.1. The Bertz CT molecular complexity index is 1090. The predicted molar refractivity (Wildman–Crippen MR) is 117 cm³/mol. The van der Waals surface area contributed by atoms with Gasteiger partial charge < -0.3 is 14.6 Å². The number of carbonyl (C=O) groups is 1. The second-order valence-corrected chi connectivity index (χ2v) is 8.56. The number of imidazole rings is 1. The topological polar surface area (TPSA) is 67.3 Å². The summed E-state index contributed by atoms with van der Waals surface area (Å²) in [6.45, 7) is 5.10. The van der Waals surface area contributed by atoms with Crippen molar-refractivity contribution in [1.82, 2.24) is 14.5 Å². The number of halogens is 1. The number of benzene rings is 2. The predicted octanol–water partition coefficient (Wildman–Crippen LogP) is 4.36. The molecule has 1 amide bonds. The second-order valence-electron chi connectivity index (χ2n) is 7.65. The Morgan fingerprint density at radius 1 is 1.17 bits per heavy atom. The zero-order valence-corrected chi connectivity index (χ0v) is 18.1. The third-order valence-electron chi connectivity index (χ3n) is 5.28. The Kier molecular flexibility index (Phi) is 5.50. The van der Waals surface area contributed by atoms with Crippen LogP contribution in [0.3, 0.4) is 0 Å². The number of ether oxygens (including phenoxy) is 1. The van der Waals surface area contributed by atoms with Crippen molar-refractivity contribution in [2.24, 2.45) is 0 Å². The molecule has 0 saturated carbocycles. The number of aromatic nitrogens is 2. The molecule has 3 aromatic rings. The van der Waals surface area contributed by atoms with E-state index < -0.39 is 0 Å². The summed E-state index contributed by atoms with van der Waals surface area (Å²) in [5, 5.41) is 0. The van der Waals surface area contributed by atoms with Crippen LogP contribution in [-0.2, 0) is 0 Å². The Hall–Kier alpha value is -2.54. The van der Waals surface area contributed by atoms with E-state index in [9.17, 15) is 9.59 Å². The Balaban J connectivity index is 1.52. The molecule has 1 N–H and O–H groups in total. The summed E-state index contributed by atoms with van der Waals surface area (Å²) in [6.07, 6.45) is 1.46. The first-order valence-electron chi connectivity index (χ1n) is 9.89. The van der Waals surface area contributed by atoms with Gasteiger partial charge in [-0.1, -0.05) is 28.1 Å². The van der Waals surface area contributed by atoms with Crippen LogP contribution in [0.1, 0.15) is 43.1 Å². The quantitative estimate of drug-likeness (QED) is 0.632. The number of nitrogens with one attached hydrogen (secondary N) is 1. The molecule has 1 fully saturated rings. The van der Waals surface area contributed by atoms with Gasteiger partial charge in [0.2, 0.25) is 0 Å². The van der Waals surface area contributed by atoms with Crippen molar-refractivity contribution in [3.05, 3.63) is 63.0 Å². The molecule has 2 heterocycles. The van der Waals surface area contributed by atoms with Gasteiger partial charge in [-0.25, -0.2) is 4.79 Å². The minimum atomic E-state index is -0.0866. The van der Waals surface area contributed by atoms with Crippen molar-refractivity contribution in [1.29, 1.82) is 0 Å². The first kappa shape index (κ1) is 19.8. The van der Waals surface area contributed by atoms with E-state index in [2.05, 4.69) is 20.9 Å². The van der Waals surface area contributed by atoms with Crippen LogP contribution in [0.25, 0.3) is 11.0 Å². The van der Waals surface area contributed by atoms with Crippen LogP contribution in [0.2, 0.25) is 0 Å². The van der Waals surface area contributed by atoms with Gasteiger partial charge in [-0.2, -0.15) is 0 Å². The van der Waals surface area contributed by atoms with Gasteiger partial charge in [0.05, 0.1) is 22.7 Å². The molecule has 0 bridgehead atoms. The summed E-state index contributed by atoms with van der Waals surface area (Å²) in [6, 6.07) is 13.3. The summed E-state index contributed by atoms with van der Waals surface area (Å²) in [7, 11) is 0. The molecular formula is C22H24BrN3O3. The van der Waals surface area contributed by atoms with Gasteiger partial charge in [-0.15, -0.1) is 0 Å². The molecule has 1 saturated heterocycles. The summed E-state index contributed by atoms with van der Waals surface area (Å²) in [4.78, 5) is 30.4. The first-order valence-corrected chi connectivity index (χ1v) is 10.7. The molecule has 2 aromatic carbocycles. The van der Waals surface area contributed by atoms with Crippen molar-refractivity contribution < 1.29 is 9.53 Å². The van der Waals surface area contributed by atoms with Crippen molar-refractivity contribution >= 4 is 32.9 Å². The Morgan fingerprint density at radius 3 is 2.62 bits per heavy atom. The number of hydrogen-bond acceptors (Lipinski definition) is 3. The zero-order chi connectivity index (χ0) is 20.5. The number of likely N-dealkylation sites (tertiary alicyclic amines) is 1. The molecule has 0 spiro atoms. The lowest BCUT2D eigenvalue weighted by Crippen LogP contribution is -2.40. The number of piperidine rings is 1. The van der Waals surface area contributed by atoms with Gasteiger partial charge in [-0.3, -0.25) is 9.36 Å². The number of amides is 1. The third-order valence-corrected chi connectivity index (χ3v) is 5.77. The lowest BCUT2D eigenvalue weighted by Gasteiger charge is -2.33. The maximum absolute atomic E-state index is 13.1. The van der Waals surface area contributed by atoms with Gasteiger partial charge in [0.1, 0.15) is 5.75 Å². The lowest BCUT2D eigenvalue weighted by molar-refractivity contribution is 0.0689. The minimum Gasteiger partial charge on any atom is -0.490 e. The van der Waals surface area contributed by atoms with Crippen LogP contribution < -0.4 is 10.4 Å². The lowest BCUT2D eigenvalue weighted by atomic mass is 10.0. The van der Waals surface area contributed by atoms with Crippen LogP contribution in [0, 0.1) is 0 Å². The monoisotopic (exact) mass is 457 g/mol.